The maximum atomic E-state index is 13.0. The van der Waals surface area contributed by atoms with Gasteiger partial charge in [-0.2, -0.15) is 0 Å². The molecule has 0 aliphatic rings. The normalized spacial score (nSPS) is 14.6. The lowest BCUT2D eigenvalue weighted by Crippen LogP contribution is -2.48. The third kappa shape index (κ3) is 6.77. The third-order valence-electron chi connectivity index (χ3n) is 5.21. The molecule has 168 valence electrons. The summed E-state index contributed by atoms with van der Waals surface area (Å²) in [6, 6.07) is 9.07. The molecular weight excluding hydrogens is 400 g/mol. The van der Waals surface area contributed by atoms with Crippen LogP contribution in [0.1, 0.15) is 60.1 Å². The molecule has 0 spiro atoms. The summed E-state index contributed by atoms with van der Waals surface area (Å²) in [7, 11) is -2.41. The zero-order valence-electron chi connectivity index (χ0n) is 19.7. The van der Waals surface area contributed by atoms with Gasteiger partial charge in [-0.15, -0.1) is 0 Å². The number of hydrogen-bond acceptors (Lipinski definition) is 6. The van der Waals surface area contributed by atoms with Crippen LogP contribution in [-0.2, 0) is 28.3 Å². The zero-order chi connectivity index (χ0) is 23.3. The van der Waals surface area contributed by atoms with Gasteiger partial charge in [-0.25, -0.2) is 4.79 Å². The zero-order valence-corrected chi connectivity index (χ0v) is 20.7. The van der Waals surface area contributed by atoms with Gasteiger partial charge < -0.3 is 13.9 Å². The quantitative estimate of drug-likeness (QED) is 0.330. The predicted octanol–water partition coefficient (Wildman–Crippen LogP) is 4.84. The van der Waals surface area contributed by atoms with Gasteiger partial charge in [0, 0.05) is 0 Å². The van der Waals surface area contributed by atoms with Crippen LogP contribution >= 0.6 is 0 Å². The maximum Gasteiger partial charge on any atom is 0.378 e. The fourth-order valence-corrected chi connectivity index (χ4v) is 3.55. The number of ether oxygens (including phenoxy) is 2. The Balaban J connectivity index is 3.52. The van der Waals surface area contributed by atoms with Gasteiger partial charge in [0.2, 0.25) is 6.10 Å². The van der Waals surface area contributed by atoms with E-state index in [9.17, 15) is 14.4 Å². The molecule has 0 saturated carbocycles. The molecule has 0 saturated heterocycles. The Morgan fingerprint density at radius 1 is 0.967 bits per heavy atom. The highest BCUT2D eigenvalue weighted by atomic mass is 28.4. The van der Waals surface area contributed by atoms with E-state index in [4.69, 9.17) is 13.9 Å². The lowest BCUT2D eigenvalue weighted by Gasteiger charge is -2.41. The minimum absolute atomic E-state index is 0.0452. The van der Waals surface area contributed by atoms with E-state index in [-0.39, 0.29) is 11.6 Å². The van der Waals surface area contributed by atoms with Gasteiger partial charge in [-0.3, -0.25) is 9.59 Å². The van der Waals surface area contributed by atoms with Crippen LogP contribution in [0.15, 0.2) is 30.3 Å². The largest absolute Gasteiger partial charge is 0.460 e. The first-order valence-corrected chi connectivity index (χ1v) is 13.2. The van der Waals surface area contributed by atoms with Crippen LogP contribution in [0.5, 0.6) is 0 Å². The molecule has 0 amide bonds. The summed E-state index contributed by atoms with van der Waals surface area (Å²) in [5.41, 5.74) is -0.197. The predicted molar refractivity (Wildman–Crippen MR) is 118 cm³/mol. The van der Waals surface area contributed by atoms with Gasteiger partial charge in [0.15, 0.2) is 8.32 Å². The van der Waals surface area contributed by atoms with Gasteiger partial charge >= 0.3 is 11.9 Å². The average Bonchev–Trinajstić information content (AvgIpc) is 2.63. The molecule has 0 fully saturated rings. The van der Waals surface area contributed by atoms with Crippen molar-refractivity contribution in [3.8, 4) is 0 Å². The highest BCUT2D eigenvalue weighted by Crippen LogP contribution is 2.41. The first-order chi connectivity index (χ1) is 13.6. The second-order valence-electron chi connectivity index (χ2n) is 9.87. The molecule has 1 unspecified atom stereocenters. The Kier molecular flexibility index (Phi) is 8.57. The fraction of sp³-hybridized carbons (Fsp3) is 0.609. The SMILES string of the molecule is CCOC(=O)C(=O)C(OC(=O)C(C)(C)C)[C@@H](O[Si](C)(C)C(C)(C)C)c1ccccc1. The number of carbonyl (C=O) groups is 3. The second kappa shape index (κ2) is 9.88. The van der Waals surface area contributed by atoms with Crippen molar-refractivity contribution < 1.29 is 28.3 Å². The van der Waals surface area contributed by atoms with Crippen molar-refractivity contribution in [1.29, 1.82) is 0 Å². The van der Waals surface area contributed by atoms with Gasteiger partial charge in [-0.1, -0.05) is 51.1 Å². The van der Waals surface area contributed by atoms with E-state index in [1.165, 1.54) is 0 Å². The van der Waals surface area contributed by atoms with Crippen molar-refractivity contribution >= 4 is 26.0 Å². The van der Waals surface area contributed by atoms with Gasteiger partial charge in [0.25, 0.3) is 5.78 Å². The van der Waals surface area contributed by atoms with E-state index in [2.05, 4.69) is 20.8 Å². The van der Waals surface area contributed by atoms with E-state index in [0.29, 0.717) is 5.56 Å². The van der Waals surface area contributed by atoms with Crippen LogP contribution in [-0.4, -0.2) is 38.8 Å². The van der Waals surface area contributed by atoms with E-state index in [1.54, 1.807) is 39.8 Å². The standard InChI is InChI=1S/C23H36O6Si/c1-10-27-20(25)17(24)19(28-21(26)22(2,3)4)18(16-14-12-11-13-15-16)29-30(8,9)23(5,6)7/h11-15,18-19H,10H2,1-9H3/t18-,19?/m0/s1. The monoisotopic (exact) mass is 436 g/mol. The molecule has 6 nitrogen and oxygen atoms in total. The Hall–Kier alpha value is -1.99. The number of hydrogen-bond donors (Lipinski definition) is 0. The highest BCUT2D eigenvalue weighted by molar-refractivity contribution is 6.74. The molecule has 0 radical (unpaired) electrons. The van der Waals surface area contributed by atoms with Gasteiger partial charge in [0.1, 0.15) is 6.10 Å². The van der Waals surface area contributed by atoms with Crippen LogP contribution in [0, 0.1) is 5.41 Å². The number of ketones is 1. The number of carbonyl (C=O) groups excluding carboxylic acids is 3. The minimum Gasteiger partial charge on any atom is -0.460 e. The lowest BCUT2D eigenvalue weighted by molar-refractivity contribution is -0.174. The molecule has 0 aromatic heterocycles. The molecule has 0 bridgehead atoms. The van der Waals surface area contributed by atoms with Crippen LogP contribution in [0.3, 0.4) is 0 Å². The third-order valence-corrected chi connectivity index (χ3v) is 9.67. The van der Waals surface area contributed by atoms with Crippen molar-refractivity contribution in [1.82, 2.24) is 0 Å². The van der Waals surface area contributed by atoms with Crippen LogP contribution in [0.25, 0.3) is 0 Å². The number of Topliss-reactive ketones (excluding diaryl/α,β-unsaturated/α-hetero) is 1. The smallest absolute Gasteiger partial charge is 0.378 e. The molecule has 30 heavy (non-hydrogen) atoms. The summed E-state index contributed by atoms with van der Waals surface area (Å²) in [5.74, 6) is -2.56. The first kappa shape index (κ1) is 26.0. The van der Waals surface area contributed by atoms with Gasteiger partial charge in [0.05, 0.1) is 12.0 Å². The Morgan fingerprint density at radius 2 is 1.50 bits per heavy atom. The fourth-order valence-electron chi connectivity index (χ4n) is 2.30. The molecule has 0 aliphatic heterocycles. The molecule has 2 atom stereocenters. The average molecular weight is 437 g/mol. The molecule has 0 heterocycles. The molecule has 1 aromatic carbocycles. The maximum absolute atomic E-state index is 13.0. The van der Waals surface area contributed by atoms with Crippen LogP contribution in [0.2, 0.25) is 18.1 Å². The van der Waals surface area contributed by atoms with E-state index < -0.39 is 43.7 Å². The molecule has 1 aromatic rings. The Morgan fingerprint density at radius 3 is 1.93 bits per heavy atom. The minimum atomic E-state index is -2.41. The highest BCUT2D eigenvalue weighted by Gasteiger charge is 2.46. The first-order valence-electron chi connectivity index (χ1n) is 10.3. The lowest BCUT2D eigenvalue weighted by atomic mass is 9.96. The van der Waals surface area contributed by atoms with Crippen molar-refractivity contribution in [2.24, 2.45) is 5.41 Å². The number of esters is 2. The van der Waals surface area contributed by atoms with Gasteiger partial charge in [-0.05, 0) is 51.4 Å². The summed E-state index contributed by atoms with van der Waals surface area (Å²) < 4.78 is 17.1. The van der Waals surface area contributed by atoms with Crippen molar-refractivity contribution in [3.63, 3.8) is 0 Å². The van der Waals surface area contributed by atoms with Crippen LogP contribution in [0.4, 0.5) is 0 Å². The number of rotatable bonds is 8. The van der Waals surface area contributed by atoms with E-state index in [0.717, 1.165) is 0 Å². The Bertz CT molecular complexity index is 743. The van der Waals surface area contributed by atoms with Crippen LogP contribution < -0.4 is 0 Å². The summed E-state index contributed by atoms with van der Waals surface area (Å²) in [4.78, 5) is 38.0. The second-order valence-corrected chi connectivity index (χ2v) is 14.6. The van der Waals surface area contributed by atoms with Crippen molar-refractivity contribution in [3.05, 3.63) is 35.9 Å². The Labute approximate surface area is 181 Å². The summed E-state index contributed by atoms with van der Waals surface area (Å²) in [6.07, 6.45) is -2.36. The van der Waals surface area contributed by atoms with Crippen molar-refractivity contribution in [2.75, 3.05) is 6.61 Å². The van der Waals surface area contributed by atoms with E-state index in [1.807, 2.05) is 31.3 Å². The number of benzene rings is 1. The molecule has 1 rings (SSSR count). The molecular formula is C23H36O6Si. The summed E-state index contributed by atoms with van der Waals surface area (Å²) in [5, 5.41) is -0.161. The summed E-state index contributed by atoms with van der Waals surface area (Å²) >= 11 is 0. The molecule has 0 aliphatic carbocycles. The van der Waals surface area contributed by atoms with Crippen molar-refractivity contribution in [2.45, 2.75) is 78.8 Å². The topological polar surface area (TPSA) is 78.9 Å². The molecule has 0 N–H and O–H groups in total. The molecule has 7 heteroatoms. The summed E-state index contributed by atoms with van der Waals surface area (Å²) in [6.45, 7) is 17.0. The van der Waals surface area contributed by atoms with E-state index >= 15 is 0 Å².